The Morgan fingerprint density at radius 3 is 2.53 bits per heavy atom. The van der Waals surface area contributed by atoms with Crippen molar-refractivity contribution in [2.75, 3.05) is 12.4 Å². The van der Waals surface area contributed by atoms with Crippen molar-refractivity contribution < 1.29 is 9.84 Å². The molecule has 0 heterocycles. The summed E-state index contributed by atoms with van der Waals surface area (Å²) < 4.78 is 6.02. The molecule has 1 rings (SSSR count). The molecule has 2 atom stereocenters. The highest BCUT2D eigenvalue weighted by atomic mass is 79.9. The fraction of sp³-hybridized carbons (Fsp3) is 0.455. The van der Waals surface area contributed by atoms with Crippen LogP contribution < -0.4 is 10.1 Å². The molecule has 4 heteroatoms. The average molecular weight is 274 g/mol. The van der Waals surface area contributed by atoms with Crippen LogP contribution in [-0.4, -0.2) is 24.4 Å². The van der Waals surface area contributed by atoms with Crippen molar-refractivity contribution in [3.8, 4) is 5.75 Å². The Morgan fingerprint density at radius 2 is 2.07 bits per heavy atom. The van der Waals surface area contributed by atoms with Crippen molar-refractivity contribution in [3.63, 3.8) is 0 Å². The molecule has 0 aromatic heterocycles. The van der Waals surface area contributed by atoms with Gasteiger partial charge in [0.2, 0.25) is 0 Å². The maximum absolute atomic E-state index is 9.35. The molecule has 0 fully saturated rings. The van der Waals surface area contributed by atoms with E-state index in [2.05, 4.69) is 21.2 Å². The second-order valence-electron chi connectivity index (χ2n) is 3.52. The summed E-state index contributed by atoms with van der Waals surface area (Å²) >= 11 is 3.41. The number of ether oxygens (including phenoxy) is 1. The number of hydrogen-bond donors (Lipinski definition) is 2. The van der Waals surface area contributed by atoms with E-state index in [-0.39, 0.29) is 12.1 Å². The number of anilines is 1. The molecule has 0 aliphatic heterocycles. The Balaban J connectivity index is 2.75. The second kappa shape index (κ2) is 5.37. The number of nitrogens with one attached hydrogen (secondary N) is 1. The molecule has 0 saturated carbocycles. The normalized spacial score (nSPS) is 14.5. The fourth-order valence-corrected chi connectivity index (χ4v) is 1.68. The lowest BCUT2D eigenvalue weighted by atomic mass is 10.2. The lowest BCUT2D eigenvalue weighted by molar-refractivity contribution is 0.178. The molecule has 15 heavy (non-hydrogen) atoms. The Labute approximate surface area is 98.6 Å². The first-order valence-corrected chi connectivity index (χ1v) is 5.62. The highest BCUT2D eigenvalue weighted by Gasteiger charge is 2.09. The van der Waals surface area contributed by atoms with Crippen molar-refractivity contribution in [1.82, 2.24) is 0 Å². The van der Waals surface area contributed by atoms with Crippen LogP contribution in [0.5, 0.6) is 5.75 Å². The zero-order valence-corrected chi connectivity index (χ0v) is 10.7. The first-order chi connectivity index (χ1) is 7.04. The second-order valence-corrected chi connectivity index (χ2v) is 4.38. The van der Waals surface area contributed by atoms with Crippen molar-refractivity contribution in [1.29, 1.82) is 0 Å². The summed E-state index contributed by atoms with van der Waals surface area (Å²) in [6, 6.07) is 5.74. The van der Waals surface area contributed by atoms with E-state index in [9.17, 15) is 5.11 Å². The molecule has 0 saturated heterocycles. The van der Waals surface area contributed by atoms with Crippen LogP contribution >= 0.6 is 15.9 Å². The fourth-order valence-electron chi connectivity index (χ4n) is 1.14. The predicted octanol–water partition coefficient (Wildman–Crippen LogP) is 2.64. The standard InChI is InChI=1S/C11H16BrNO2/c1-7(8(2)14)13-9-4-5-11(15-3)10(12)6-9/h4-8,13-14H,1-3H3. The third-order valence-electron chi connectivity index (χ3n) is 2.27. The van der Waals surface area contributed by atoms with E-state index in [0.29, 0.717) is 0 Å². The van der Waals surface area contributed by atoms with Gasteiger partial charge in [-0.1, -0.05) is 0 Å². The molecular formula is C11H16BrNO2. The van der Waals surface area contributed by atoms with Crippen molar-refractivity contribution in [3.05, 3.63) is 22.7 Å². The van der Waals surface area contributed by atoms with Crippen LogP contribution in [0.25, 0.3) is 0 Å². The van der Waals surface area contributed by atoms with Crippen LogP contribution in [-0.2, 0) is 0 Å². The summed E-state index contributed by atoms with van der Waals surface area (Å²) in [5.41, 5.74) is 0.955. The number of methoxy groups -OCH3 is 1. The quantitative estimate of drug-likeness (QED) is 0.886. The Morgan fingerprint density at radius 1 is 1.40 bits per heavy atom. The van der Waals surface area contributed by atoms with Gasteiger partial charge < -0.3 is 15.2 Å². The van der Waals surface area contributed by atoms with Gasteiger partial charge >= 0.3 is 0 Å². The summed E-state index contributed by atoms with van der Waals surface area (Å²) in [6.45, 7) is 3.69. The summed E-state index contributed by atoms with van der Waals surface area (Å²) in [4.78, 5) is 0. The zero-order valence-electron chi connectivity index (χ0n) is 9.12. The molecule has 0 radical (unpaired) electrons. The van der Waals surface area contributed by atoms with Crippen molar-refractivity contribution in [2.45, 2.75) is 26.0 Å². The van der Waals surface area contributed by atoms with E-state index in [1.165, 1.54) is 0 Å². The lowest BCUT2D eigenvalue weighted by Crippen LogP contribution is -2.27. The van der Waals surface area contributed by atoms with E-state index in [4.69, 9.17) is 4.74 Å². The highest BCUT2D eigenvalue weighted by Crippen LogP contribution is 2.28. The third-order valence-corrected chi connectivity index (χ3v) is 2.89. The molecule has 2 N–H and O–H groups in total. The predicted molar refractivity (Wildman–Crippen MR) is 65.5 cm³/mol. The van der Waals surface area contributed by atoms with E-state index < -0.39 is 0 Å². The number of benzene rings is 1. The van der Waals surface area contributed by atoms with Crippen LogP contribution in [0.3, 0.4) is 0 Å². The minimum absolute atomic E-state index is 0.0188. The number of halogens is 1. The molecule has 0 amide bonds. The maximum atomic E-state index is 9.35. The SMILES string of the molecule is COc1ccc(NC(C)C(C)O)cc1Br. The molecule has 1 aromatic carbocycles. The van der Waals surface area contributed by atoms with Crippen LogP contribution in [0.2, 0.25) is 0 Å². The van der Waals surface area contributed by atoms with Gasteiger partial charge in [-0.3, -0.25) is 0 Å². The van der Waals surface area contributed by atoms with E-state index in [1.54, 1.807) is 14.0 Å². The van der Waals surface area contributed by atoms with Gasteiger partial charge in [0.25, 0.3) is 0 Å². The molecular weight excluding hydrogens is 258 g/mol. The first kappa shape index (κ1) is 12.3. The van der Waals surface area contributed by atoms with Gasteiger partial charge in [-0.05, 0) is 48.0 Å². The Bertz CT molecular complexity index is 328. The number of aliphatic hydroxyl groups excluding tert-OH is 1. The van der Waals surface area contributed by atoms with Gasteiger partial charge in [0, 0.05) is 11.7 Å². The number of rotatable bonds is 4. The van der Waals surface area contributed by atoms with Gasteiger partial charge in [0.05, 0.1) is 17.7 Å². The van der Waals surface area contributed by atoms with Crippen LogP contribution in [0.1, 0.15) is 13.8 Å². The molecule has 0 bridgehead atoms. The molecule has 1 aromatic rings. The topological polar surface area (TPSA) is 41.5 Å². The summed E-state index contributed by atoms with van der Waals surface area (Å²) in [7, 11) is 1.63. The number of hydrogen-bond acceptors (Lipinski definition) is 3. The molecule has 0 aliphatic rings. The maximum Gasteiger partial charge on any atom is 0.133 e. The van der Waals surface area contributed by atoms with Gasteiger partial charge in [0.15, 0.2) is 0 Å². The minimum Gasteiger partial charge on any atom is -0.496 e. The van der Waals surface area contributed by atoms with Gasteiger partial charge in [0.1, 0.15) is 5.75 Å². The average Bonchev–Trinajstić information content (AvgIpc) is 2.18. The van der Waals surface area contributed by atoms with Gasteiger partial charge in [-0.25, -0.2) is 0 Å². The molecule has 3 nitrogen and oxygen atoms in total. The number of aliphatic hydroxyl groups is 1. The third kappa shape index (κ3) is 3.39. The summed E-state index contributed by atoms with van der Waals surface area (Å²) in [5, 5.41) is 12.6. The lowest BCUT2D eigenvalue weighted by Gasteiger charge is -2.18. The Kier molecular flexibility index (Phi) is 4.42. The summed E-state index contributed by atoms with van der Waals surface area (Å²) in [6.07, 6.45) is -0.383. The van der Waals surface area contributed by atoms with Crippen molar-refractivity contribution >= 4 is 21.6 Å². The van der Waals surface area contributed by atoms with Crippen molar-refractivity contribution in [2.24, 2.45) is 0 Å². The molecule has 0 spiro atoms. The monoisotopic (exact) mass is 273 g/mol. The first-order valence-electron chi connectivity index (χ1n) is 4.82. The molecule has 84 valence electrons. The molecule has 2 unspecified atom stereocenters. The van der Waals surface area contributed by atoms with Gasteiger partial charge in [-0.15, -0.1) is 0 Å². The van der Waals surface area contributed by atoms with E-state index in [1.807, 2.05) is 25.1 Å². The van der Waals surface area contributed by atoms with Crippen LogP contribution in [0.4, 0.5) is 5.69 Å². The van der Waals surface area contributed by atoms with Crippen LogP contribution in [0, 0.1) is 0 Å². The largest absolute Gasteiger partial charge is 0.496 e. The summed E-state index contributed by atoms with van der Waals surface area (Å²) in [5.74, 6) is 0.797. The van der Waals surface area contributed by atoms with E-state index >= 15 is 0 Å². The zero-order chi connectivity index (χ0) is 11.4. The highest BCUT2D eigenvalue weighted by molar-refractivity contribution is 9.10. The minimum atomic E-state index is -0.383. The Hall–Kier alpha value is -0.740. The van der Waals surface area contributed by atoms with Gasteiger partial charge in [-0.2, -0.15) is 0 Å². The van der Waals surface area contributed by atoms with Crippen LogP contribution in [0.15, 0.2) is 22.7 Å². The van der Waals surface area contributed by atoms with E-state index in [0.717, 1.165) is 15.9 Å². The molecule has 0 aliphatic carbocycles. The smallest absolute Gasteiger partial charge is 0.133 e.